The van der Waals surface area contributed by atoms with Crippen LogP contribution in [0.5, 0.6) is 0 Å². The fraction of sp³-hybridized carbons (Fsp3) is 0.364. The monoisotopic (exact) mass is 405 g/mol. The third-order valence-corrected chi connectivity index (χ3v) is 5.60. The summed E-state index contributed by atoms with van der Waals surface area (Å²) in [5, 5.41) is 17.3. The first-order valence-corrected chi connectivity index (χ1v) is 10.3. The van der Waals surface area contributed by atoms with E-state index in [-0.39, 0.29) is 18.0 Å². The molecule has 1 aromatic heterocycles. The van der Waals surface area contributed by atoms with Gasteiger partial charge in [-0.25, -0.2) is 9.97 Å². The summed E-state index contributed by atoms with van der Waals surface area (Å²) >= 11 is 0. The Balaban J connectivity index is 1.61. The Morgan fingerprint density at radius 3 is 2.80 bits per heavy atom. The molecule has 2 atom stereocenters. The molecule has 0 bridgehead atoms. The van der Waals surface area contributed by atoms with Crippen LogP contribution in [-0.4, -0.2) is 34.2 Å². The van der Waals surface area contributed by atoms with Crippen LogP contribution >= 0.6 is 0 Å². The molecule has 4 rings (SSSR count). The molecule has 8 nitrogen and oxygen atoms in total. The number of amides is 1. The molecule has 0 saturated heterocycles. The fourth-order valence-corrected chi connectivity index (χ4v) is 3.96. The highest BCUT2D eigenvalue weighted by Crippen LogP contribution is 2.26. The van der Waals surface area contributed by atoms with Gasteiger partial charge in [0.05, 0.1) is 23.5 Å². The number of nitrogens with two attached hydrogens (primary N) is 1. The zero-order chi connectivity index (χ0) is 20.9. The summed E-state index contributed by atoms with van der Waals surface area (Å²) in [6, 6.07) is 10.1. The third-order valence-electron chi connectivity index (χ3n) is 5.60. The van der Waals surface area contributed by atoms with E-state index in [2.05, 4.69) is 25.9 Å². The molecule has 30 heavy (non-hydrogen) atoms. The maximum absolute atomic E-state index is 12.4. The zero-order valence-electron chi connectivity index (χ0n) is 16.8. The van der Waals surface area contributed by atoms with E-state index in [1.165, 1.54) is 6.21 Å². The van der Waals surface area contributed by atoms with Crippen LogP contribution in [0, 0.1) is 5.41 Å². The fourth-order valence-electron chi connectivity index (χ4n) is 3.96. The van der Waals surface area contributed by atoms with E-state index in [9.17, 15) is 4.79 Å². The summed E-state index contributed by atoms with van der Waals surface area (Å²) in [5.74, 6) is 0.245. The van der Waals surface area contributed by atoms with Gasteiger partial charge in [-0.2, -0.15) is 0 Å². The summed E-state index contributed by atoms with van der Waals surface area (Å²) in [4.78, 5) is 21.6. The Bertz CT molecular complexity index is 957. The second-order valence-corrected chi connectivity index (χ2v) is 7.71. The lowest BCUT2D eigenvalue weighted by Crippen LogP contribution is -2.43. The maximum atomic E-state index is 12.4. The van der Waals surface area contributed by atoms with Crippen molar-refractivity contribution in [1.82, 2.24) is 20.6 Å². The lowest BCUT2D eigenvalue weighted by atomic mass is 9.91. The molecule has 1 saturated carbocycles. The minimum atomic E-state index is -0.211. The molecule has 2 aliphatic rings. The first-order chi connectivity index (χ1) is 14.7. The first kappa shape index (κ1) is 20.0. The van der Waals surface area contributed by atoms with E-state index in [0.29, 0.717) is 41.6 Å². The topological polar surface area (TPSA) is 129 Å². The molecular formula is C22H27N7O. The van der Waals surface area contributed by atoms with Crippen LogP contribution in [0.1, 0.15) is 53.0 Å². The smallest absolute Gasteiger partial charge is 0.255 e. The van der Waals surface area contributed by atoms with Crippen LogP contribution < -0.4 is 21.7 Å². The number of nitrogens with one attached hydrogen (secondary N) is 4. The number of carbonyl (C=O) groups excluding carboxylic acids is 1. The predicted octanol–water partition coefficient (Wildman–Crippen LogP) is 2.18. The molecule has 0 radical (unpaired) electrons. The Labute approximate surface area is 175 Å². The molecule has 8 heteroatoms. The number of carbonyl (C=O) groups is 1. The zero-order valence-corrected chi connectivity index (χ0v) is 16.8. The van der Waals surface area contributed by atoms with Gasteiger partial charge in [-0.05, 0) is 18.4 Å². The van der Waals surface area contributed by atoms with Crippen LogP contribution in [0.3, 0.4) is 0 Å². The van der Waals surface area contributed by atoms with Crippen molar-refractivity contribution in [3.8, 4) is 0 Å². The molecule has 2 aromatic rings. The highest BCUT2D eigenvalue weighted by molar-refractivity contribution is 6.13. The van der Waals surface area contributed by atoms with E-state index in [4.69, 9.17) is 11.1 Å². The van der Waals surface area contributed by atoms with Crippen LogP contribution in [-0.2, 0) is 13.1 Å². The molecule has 1 amide bonds. The lowest BCUT2D eigenvalue weighted by Gasteiger charge is -2.29. The van der Waals surface area contributed by atoms with Crippen LogP contribution in [0.15, 0.2) is 36.5 Å². The van der Waals surface area contributed by atoms with Crippen molar-refractivity contribution in [2.24, 2.45) is 5.73 Å². The number of anilines is 1. The van der Waals surface area contributed by atoms with Crippen molar-refractivity contribution in [2.75, 3.05) is 5.32 Å². The second kappa shape index (κ2) is 9.04. The molecule has 2 unspecified atom stereocenters. The number of rotatable bonds is 7. The summed E-state index contributed by atoms with van der Waals surface area (Å²) in [6.45, 7) is 0.970. The molecule has 1 aliphatic carbocycles. The second-order valence-electron chi connectivity index (χ2n) is 7.71. The third kappa shape index (κ3) is 4.33. The standard InChI is InChI=1S/C22H27N7O/c23-10-15(12-25-11-14-6-2-1-3-7-14)20-19-18(13-26-21(19)30)28-22(29-20)27-17-9-5-4-8-16(17)24/h1-3,6-7,10,12,16-17,23,25H,4-5,8-9,11,13,24H2,(H,26,30)(H,27,28,29)/b15-12+,23-10?. The Hall–Kier alpha value is -3.26. The van der Waals surface area contributed by atoms with Crippen LogP contribution in [0.25, 0.3) is 5.57 Å². The Kier molecular flexibility index (Phi) is 6.04. The minimum absolute atomic E-state index is 0.0594. The number of fused-ring (bicyclic) bond motifs is 1. The highest BCUT2D eigenvalue weighted by atomic mass is 16.1. The van der Waals surface area contributed by atoms with Crippen LogP contribution in [0.2, 0.25) is 0 Å². The number of aromatic nitrogens is 2. The molecule has 1 aliphatic heterocycles. The highest BCUT2D eigenvalue weighted by Gasteiger charge is 2.29. The van der Waals surface area contributed by atoms with E-state index >= 15 is 0 Å². The quantitative estimate of drug-likeness (QED) is 0.449. The molecule has 1 aromatic carbocycles. The van der Waals surface area contributed by atoms with Gasteiger partial charge in [0.1, 0.15) is 0 Å². The van der Waals surface area contributed by atoms with Crippen molar-refractivity contribution < 1.29 is 4.79 Å². The minimum Gasteiger partial charge on any atom is -0.386 e. The summed E-state index contributed by atoms with van der Waals surface area (Å²) in [6.07, 6.45) is 7.15. The number of allylic oxidation sites excluding steroid dienone is 1. The Morgan fingerprint density at radius 1 is 1.23 bits per heavy atom. The van der Waals surface area contributed by atoms with Crippen molar-refractivity contribution in [3.05, 3.63) is 59.0 Å². The molecule has 156 valence electrons. The van der Waals surface area contributed by atoms with Crippen molar-refractivity contribution in [3.63, 3.8) is 0 Å². The summed E-state index contributed by atoms with van der Waals surface area (Å²) in [5.41, 5.74) is 9.45. The van der Waals surface area contributed by atoms with Gasteiger partial charge >= 0.3 is 0 Å². The average Bonchev–Trinajstić information content (AvgIpc) is 3.14. The van der Waals surface area contributed by atoms with Gasteiger partial charge in [-0.1, -0.05) is 43.2 Å². The summed E-state index contributed by atoms with van der Waals surface area (Å²) in [7, 11) is 0. The Morgan fingerprint density at radius 2 is 2.03 bits per heavy atom. The normalized spacial score (nSPS) is 21.0. The van der Waals surface area contributed by atoms with Gasteiger partial charge in [0.2, 0.25) is 5.95 Å². The van der Waals surface area contributed by atoms with Crippen molar-refractivity contribution >= 4 is 23.6 Å². The molecule has 0 spiro atoms. The number of nitrogens with zero attached hydrogens (tertiary/aromatic N) is 2. The molecular weight excluding hydrogens is 378 g/mol. The van der Waals surface area contributed by atoms with Crippen molar-refractivity contribution in [2.45, 2.75) is 50.9 Å². The van der Waals surface area contributed by atoms with E-state index in [1.807, 2.05) is 30.3 Å². The van der Waals surface area contributed by atoms with Gasteiger partial charge in [0.15, 0.2) is 0 Å². The summed E-state index contributed by atoms with van der Waals surface area (Å²) < 4.78 is 0. The largest absolute Gasteiger partial charge is 0.386 e. The molecule has 2 heterocycles. The van der Waals surface area contributed by atoms with Gasteiger partial charge in [-0.15, -0.1) is 0 Å². The van der Waals surface area contributed by atoms with Gasteiger partial charge in [-0.3, -0.25) is 4.79 Å². The SMILES string of the molecule is N=C/C(=C\NCc1ccccc1)c1nc(NC2CCCCC2N)nc2c1C(=O)NC2. The van der Waals surface area contributed by atoms with Gasteiger partial charge < -0.3 is 27.1 Å². The molecule has 1 fully saturated rings. The van der Waals surface area contributed by atoms with Gasteiger partial charge in [0.25, 0.3) is 5.91 Å². The average molecular weight is 406 g/mol. The van der Waals surface area contributed by atoms with E-state index in [1.54, 1.807) is 6.20 Å². The lowest BCUT2D eigenvalue weighted by molar-refractivity contribution is 0.0965. The first-order valence-electron chi connectivity index (χ1n) is 10.3. The van der Waals surface area contributed by atoms with E-state index in [0.717, 1.165) is 31.2 Å². The predicted molar refractivity (Wildman–Crippen MR) is 117 cm³/mol. The van der Waals surface area contributed by atoms with Crippen LogP contribution in [0.4, 0.5) is 5.95 Å². The number of hydrogen-bond donors (Lipinski definition) is 5. The number of benzene rings is 1. The van der Waals surface area contributed by atoms with Gasteiger partial charge in [0, 0.05) is 36.6 Å². The maximum Gasteiger partial charge on any atom is 0.255 e. The number of hydrogen-bond acceptors (Lipinski definition) is 7. The molecule has 6 N–H and O–H groups in total. The van der Waals surface area contributed by atoms with Crippen molar-refractivity contribution in [1.29, 1.82) is 5.41 Å². The van der Waals surface area contributed by atoms with E-state index < -0.39 is 0 Å².